The van der Waals surface area contributed by atoms with Crippen LogP contribution in [0.3, 0.4) is 0 Å². The molecule has 0 saturated carbocycles. The summed E-state index contributed by atoms with van der Waals surface area (Å²) in [5, 5.41) is 0. The van der Waals surface area contributed by atoms with Crippen molar-refractivity contribution in [2.45, 2.75) is 0 Å². The zero-order valence-electron chi connectivity index (χ0n) is 7.05. The molecule has 1 aliphatic carbocycles. The summed E-state index contributed by atoms with van der Waals surface area (Å²) in [4.78, 5) is 0. The van der Waals surface area contributed by atoms with E-state index in [-0.39, 0.29) is 0 Å². The van der Waals surface area contributed by atoms with Gasteiger partial charge in [-0.2, -0.15) is 0 Å². The van der Waals surface area contributed by atoms with E-state index >= 15 is 0 Å². The molecular weight excluding hydrogens is 152 g/mol. The summed E-state index contributed by atoms with van der Waals surface area (Å²) >= 11 is 0. The van der Waals surface area contributed by atoms with E-state index in [9.17, 15) is 0 Å². The maximum absolute atomic E-state index is 5.13. The zero-order valence-corrected chi connectivity index (χ0v) is 7.05. The minimum absolute atomic E-state index is 0.761. The minimum Gasteiger partial charge on any atom is -0.493 e. The van der Waals surface area contributed by atoms with Crippen LogP contribution >= 0.6 is 0 Å². The maximum atomic E-state index is 5.13. The van der Waals surface area contributed by atoms with E-state index in [1.165, 1.54) is 0 Å². The van der Waals surface area contributed by atoms with E-state index in [0.29, 0.717) is 0 Å². The smallest absolute Gasteiger partial charge is 0.161 e. The van der Waals surface area contributed by atoms with Crippen LogP contribution in [0.4, 0.5) is 0 Å². The van der Waals surface area contributed by atoms with Crippen molar-refractivity contribution >= 4 is 6.08 Å². The summed E-state index contributed by atoms with van der Waals surface area (Å²) in [6.45, 7) is 0. The van der Waals surface area contributed by atoms with Gasteiger partial charge in [0.05, 0.1) is 14.2 Å². The first-order valence-corrected chi connectivity index (χ1v) is 3.71. The third kappa shape index (κ3) is 0.881. The fourth-order valence-corrected chi connectivity index (χ4v) is 1.22. The molecule has 0 atom stereocenters. The first kappa shape index (κ1) is 7.22. The van der Waals surface area contributed by atoms with Crippen molar-refractivity contribution in [1.29, 1.82) is 0 Å². The molecular formula is C10H9O2. The van der Waals surface area contributed by atoms with Crippen molar-refractivity contribution in [1.82, 2.24) is 0 Å². The van der Waals surface area contributed by atoms with Crippen LogP contribution in [0.25, 0.3) is 6.08 Å². The molecule has 61 valence electrons. The van der Waals surface area contributed by atoms with Crippen LogP contribution in [0.1, 0.15) is 11.1 Å². The highest BCUT2D eigenvalue weighted by Gasteiger charge is 2.12. The van der Waals surface area contributed by atoms with Crippen LogP contribution in [-0.2, 0) is 0 Å². The van der Waals surface area contributed by atoms with E-state index in [1.54, 1.807) is 14.2 Å². The average Bonchev–Trinajstić information content (AvgIpc) is 2.07. The summed E-state index contributed by atoms with van der Waals surface area (Å²) in [6, 6.07) is 3.87. The van der Waals surface area contributed by atoms with Gasteiger partial charge in [0, 0.05) is 0 Å². The molecule has 0 N–H and O–H groups in total. The Kier molecular flexibility index (Phi) is 1.54. The van der Waals surface area contributed by atoms with Crippen molar-refractivity contribution in [2.24, 2.45) is 0 Å². The summed E-state index contributed by atoms with van der Waals surface area (Å²) in [5.41, 5.74) is 2.25. The monoisotopic (exact) mass is 161 g/mol. The Balaban J connectivity index is 2.49. The Morgan fingerprint density at radius 3 is 2.25 bits per heavy atom. The Morgan fingerprint density at radius 1 is 1.08 bits per heavy atom. The van der Waals surface area contributed by atoms with E-state index < -0.39 is 0 Å². The molecule has 0 bridgehead atoms. The highest BCUT2D eigenvalue weighted by atomic mass is 16.5. The van der Waals surface area contributed by atoms with E-state index in [1.807, 2.05) is 18.2 Å². The van der Waals surface area contributed by atoms with E-state index in [2.05, 4.69) is 6.08 Å². The fourth-order valence-electron chi connectivity index (χ4n) is 1.22. The Bertz CT molecular complexity index is 307. The van der Waals surface area contributed by atoms with E-state index in [4.69, 9.17) is 9.47 Å². The molecule has 1 aromatic carbocycles. The molecule has 0 fully saturated rings. The number of fused-ring (bicyclic) bond motifs is 1. The molecule has 0 saturated heterocycles. The third-order valence-corrected chi connectivity index (χ3v) is 1.94. The number of rotatable bonds is 2. The lowest BCUT2D eigenvalue weighted by molar-refractivity contribution is 0.354. The molecule has 2 heteroatoms. The van der Waals surface area contributed by atoms with Crippen LogP contribution in [0.15, 0.2) is 12.1 Å². The quantitative estimate of drug-likeness (QED) is 0.669. The largest absolute Gasteiger partial charge is 0.493 e. The predicted octanol–water partition coefficient (Wildman–Crippen LogP) is 1.88. The molecule has 2 rings (SSSR count). The highest BCUT2D eigenvalue weighted by Crippen LogP contribution is 2.34. The summed E-state index contributed by atoms with van der Waals surface area (Å²) in [6.07, 6.45) is 4.98. The van der Waals surface area contributed by atoms with Gasteiger partial charge in [0.1, 0.15) is 0 Å². The average molecular weight is 161 g/mol. The lowest BCUT2D eigenvalue weighted by Gasteiger charge is -2.14. The van der Waals surface area contributed by atoms with Crippen LogP contribution in [0, 0.1) is 6.08 Å². The molecule has 0 heterocycles. The zero-order chi connectivity index (χ0) is 8.55. The van der Waals surface area contributed by atoms with Gasteiger partial charge in [-0.05, 0) is 35.4 Å². The summed E-state index contributed by atoms with van der Waals surface area (Å²) < 4.78 is 10.3. The fraction of sp³-hybridized carbons (Fsp3) is 0.200. The maximum Gasteiger partial charge on any atom is 0.161 e. The first-order valence-electron chi connectivity index (χ1n) is 3.71. The van der Waals surface area contributed by atoms with Gasteiger partial charge in [-0.3, -0.25) is 0 Å². The molecule has 0 unspecified atom stereocenters. The molecule has 1 radical (unpaired) electrons. The summed E-state index contributed by atoms with van der Waals surface area (Å²) in [7, 11) is 3.27. The van der Waals surface area contributed by atoms with Gasteiger partial charge in [-0.1, -0.05) is 0 Å². The van der Waals surface area contributed by atoms with Gasteiger partial charge < -0.3 is 9.47 Å². The van der Waals surface area contributed by atoms with Gasteiger partial charge in [-0.15, -0.1) is 0 Å². The second-order valence-electron chi connectivity index (χ2n) is 2.58. The highest BCUT2D eigenvalue weighted by molar-refractivity contribution is 5.70. The van der Waals surface area contributed by atoms with Crippen LogP contribution in [-0.4, -0.2) is 14.2 Å². The van der Waals surface area contributed by atoms with Crippen molar-refractivity contribution in [3.63, 3.8) is 0 Å². The molecule has 0 aromatic heterocycles. The first-order chi connectivity index (χ1) is 5.85. The molecule has 1 aromatic rings. The number of hydrogen-bond acceptors (Lipinski definition) is 2. The van der Waals surface area contributed by atoms with E-state index in [0.717, 1.165) is 22.6 Å². The number of hydrogen-bond donors (Lipinski definition) is 0. The van der Waals surface area contributed by atoms with Crippen molar-refractivity contribution < 1.29 is 9.47 Å². The number of benzene rings is 1. The molecule has 0 aliphatic heterocycles. The lowest BCUT2D eigenvalue weighted by Crippen LogP contribution is -1.97. The van der Waals surface area contributed by atoms with Crippen LogP contribution in [0.5, 0.6) is 11.5 Å². The second-order valence-corrected chi connectivity index (χ2v) is 2.58. The van der Waals surface area contributed by atoms with Gasteiger partial charge >= 0.3 is 0 Å². The van der Waals surface area contributed by atoms with Gasteiger partial charge in [-0.25, -0.2) is 0 Å². The van der Waals surface area contributed by atoms with Crippen molar-refractivity contribution in [3.8, 4) is 11.5 Å². The normalized spacial score (nSPS) is 11.8. The molecule has 0 spiro atoms. The van der Waals surface area contributed by atoms with Crippen molar-refractivity contribution in [2.75, 3.05) is 14.2 Å². The second kappa shape index (κ2) is 2.55. The molecule has 0 amide bonds. The number of methoxy groups -OCH3 is 2. The SMILES string of the molecule is COc1cc2c(cc1OC)C=[C]2. The summed E-state index contributed by atoms with van der Waals surface area (Å²) in [5.74, 6) is 1.53. The standard InChI is InChI=1S/C10H9O2/c1-11-9-5-7-3-4-8(7)6-10(9)12-2/h3,5-6H,1-2H3. The molecule has 12 heavy (non-hydrogen) atoms. The Labute approximate surface area is 71.4 Å². The lowest BCUT2D eigenvalue weighted by atomic mass is 9.97. The Hall–Kier alpha value is -1.44. The van der Waals surface area contributed by atoms with Gasteiger partial charge in [0.15, 0.2) is 11.5 Å². The Morgan fingerprint density at radius 2 is 1.75 bits per heavy atom. The molecule has 1 aliphatic rings. The van der Waals surface area contributed by atoms with Crippen molar-refractivity contribution in [3.05, 3.63) is 29.3 Å². The van der Waals surface area contributed by atoms with Gasteiger partial charge in [0.25, 0.3) is 0 Å². The molecule has 2 nitrogen and oxygen atoms in total. The third-order valence-electron chi connectivity index (χ3n) is 1.94. The van der Waals surface area contributed by atoms with Gasteiger partial charge in [0.2, 0.25) is 0 Å². The topological polar surface area (TPSA) is 18.5 Å². The predicted molar refractivity (Wildman–Crippen MR) is 46.4 cm³/mol. The minimum atomic E-state index is 0.761. The van der Waals surface area contributed by atoms with Crippen LogP contribution < -0.4 is 9.47 Å². The number of ether oxygens (including phenoxy) is 2. The van der Waals surface area contributed by atoms with Crippen LogP contribution in [0.2, 0.25) is 0 Å².